The summed E-state index contributed by atoms with van der Waals surface area (Å²) in [7, 11) is 0. The largest absolute Gasteiger partial charge is 0.340 e. The van der Waals surface area contributed by atoms with E-state index in [2.05, 4.69) is 80.5 Å². The zero-order valence-corrected chi connectivity index (χ0v) is 15.6. The summed E-state index contributed by atoms with van der Waals surface area (Å²) in [6.45, 7) is 3.01. The molecule has 0 saturated carbocycles. The van der Waals surface area contributed by atoms with E-state index in [4.69, 9.17) is 4.98 Å². The summed E-state index contributed by atoms with van der Waals surface area (Å²) in [5.41, 5.74) is 4.78. The molecular formula is C20H19BrN4. The predicted octanol–water partition coefficient (Wildman–Crippen LogP) is 5.38. The Hall–Kier alpha value is -2.40. The molecule has 2 heterocycles. The van der Waals surface area contributed by atoms with Crippen molar-refractivity contribution >= 4 is 39.1 Å². The molecular weight excluding hydrogens is 376 g/mol. The highest BCUT2D eigenvalue weighted by atomic mass is 79.9. The van der Waals surface area contributed by atoms with Gasteiger partial charge in [-0.05, 0) is 55.2 Å². The molecule has 5 heteroatoms. The van der Waals surface area contributed by atoms with Gasteiger partial charge in [-0.1, -0.05) is 40.2 Å². The summed E-state index contributed by atoms with van der Waals surface area (Å²) in [4.78, 5) is 11.4. The van der Waals surface area contributed by atoms with E-state index in [0.29, 0.717) is 0 Å². The molecule has 4 rings (SSSR count). The van der Waals surface area contributed by atoms with E-state index in [0.717, 1.165) is 41.3 Å². The highest BCUT2D eigenvalue weighted by Crippen LogP contribution is 2.32. The van der Waals surface area contributed by atoms with Crippen molar-refractivity contribution in [2.75, 3.05) is 16.8 Å². The number of fused-ring (bicyclic) bond motifs is 1. The number of hydrogen-bond acceptors (Lipinski definition) is 4. The van der Waals surface area contributed by atoms with Gasteiger partial charge in [0, 0.05) is 28.6 Å². The fourth-order valence-corrected chi connectivity index (χ4v) is 3.49. The number of nitrogens with one attached hydrogen (secondary N) is 1. The second-order valence-electron chi connectivity index (χ2n) is 6.21. The average Bonchev–Trinajstić information content (AvgIpc) is 2.64. The van der Waals surface area contributed by atoms with Gasteiger partial charge in [-0.3, -0.25) is 0 Å². The van der Waals surface area contributed by atoms with Crippen molar-refractivity contribution in [2.24, 2.45) is 0 Å². The monoisotopic (exact) mass is 394 g/mol. The number of aryl methyl sites for hydroxylation is 2. The van der Waals surface area contributed by atoms with E-state index in [1.165, 1.54) is 16.8 Å². The second kappa shape index (κ2) is 6.84. The quantitative estimate of drug-likeness (QED) is 0.647. The van der Waals surface area contributed by atoms with Crippen molar-refractivity contribution in [3.63, 3.8) is 0 Å². The lowest BCUT2D eigenvalue weighted by Crippen LogP contribution is -2.26. The van der Waals surface area contributed by atoms with E-state index >= 15 is 0 Å². The van der Waals surface area contributed by atoms with Crippen LogP contribution in [0.5, 0.6) is 0 Å². The third-order valence-electron chi connectivity index (χ3n) is 4.44. The Balaban J connectivity index is 1.63. The molecule has 0 atom stereocenters. The molecule has 0 radical (unpaired) electrons. The van der Waals surface area contributed by atoms with Crippen molar-refractivity contribution < 1.29 is 0 Å². The zero-order chi connectivity index (χ0) is 17.2. The number of anilines is 4. The maximum Gasteiger partial charge on any atom is 0.231 e. The van der Waals surface area contributed by atoms with Crippen LogP contribution in [0, 0.1) is 6.92 Å². The summed E-state index contributed by atoms with van der Waals surface area (Å²) in [6.07, 6.45) is 4.04. The van der Waals surface area contributed by atoms with Crippen LogP contribution in [0.25, 0.3) is 0 Å². The number of aromatic nitrogens is 2. The lowest BCUT2D eigenvalue weighted by molar-refractivity contribution is 0.751. The Kier molecular flexibility index (Phi) is 4.40. The standard InChI is InChI=1S/C20H19BrN4/c1-14-8-9-16(13-17(14)21)23-19-10-11-22-20(24-19)25-12-4-6-15-5-2-3-7-18(15)25/h2-3,5,7-11,13H,4,6,12H2,1H3,(H,22,23,24). The van der Waals surface area contributed by atoms with Gasteiger partial charge in [-0.15, -0.1) is 0 Å². The van der Waals surface area contributed by atoms with Crippen molar-refractivity contribution in [3.8, 4) is 0 Å². The molecule has 0 unspecified atom stereocenters. The maximum absolute atomic E-state index is 4.73. The van der Waals surface area contributed by atoms with Crippen LogP contribution in [-0.4, -0.2) is 16.5 Å². The average molecular weight is 395 g/mol. The SMILES string of the molecule is Cc1ccc(Nc2ccnc(N3CCCc4ccccc43)n2)cc1Br. The molecule has 0 spiro atoms. The van der Waals surface area contributed by atoms with Gasteiger partial charge in [0.2, 0.25) is 5.95 Å². The van der Waals surface area contributed by atoms with E-state index in [9.17, 15) is 0 Å². The van der Waals surface area contributed by atoms with Gasteiger partial charge in [0.05, 0.1) is 0 Å². The Morgan fingerprint density at radius 2 is 2.00 bits per heavy atom. The topological polar surface area (TPSA) is 41.1 Å². The highest BCUT2D eigenvalue weighted by molar-refractivity contribution is 9.10. The third-order valence-corrected chi connectivity index (χ3v) is 5.29. The van der Waals surface area contributed by atoms with Crippen molar-refractivity contribution in [3.05, 3.63) is 70.3 Å². The number of nitrogens with zero attached hydrogens (tertiary/aromatic N) is 3. The number of benzene rings is 2. The minimum absolute atomic E-state index is 0.739. The first-order valence-electron chi connectivity index (χ1n) is 8.42. The Morgan fingerprint density at radius 1 is 1.12 bits per heavy atom. The van der Waals surface area contributed by atoms with Gasteiger partial charge in [-0.2, -0.15) is 4.98 Å². The number of hydrogen-bond donors (Lipinski definition) is 1. The van der Waals surface area contributed by atoms with Crippen LogP contribution >= 0.6 is 15.9 Å². The molecule has 4 nitrogen and oxygen atoms in total. The Morgan fingerprint density at radius 3 is 2.88 bits per heavy atom. The van der Waals surface area contributed by atoms with Crippen LogP contribution in [0.15, 0.2) is 59.2 Å². The van der Waals surface area contributed by atoms with Crippen LogP contribution in [0.1, 0.15) is 17.5 Å². The fourth-order valence-electron chi connectivity index (χ4n) is 3.11. The molecule has 0 saturated heterocycles. The molecule has 0 aliphatic carbocycles. The van der Waals surface area contributed by atoms with Gasteiger partial charge in [0.15, 0.2) is 0 Å². The Bertz CT molecular complexity index is 910. The smallest absolute Gasteiger partial charge is 0.231 e. The molecule has 0 bridgehead atoms. The van der Waals surface area contributed by atoms with Crippen LogP contribution < -0.4 is 10.2 Å². The fraction of sp³-hybridized carbons (Fsp3) is 0.200. The molecule has 25 heavy (non-hydrogen) atoms. The van der Waals surface area contributed by atoms with Crippen LogP contribution in [0.3, 0.4) is 0 Å². The number of halogens is 1. The summed E-state index contributed by atoms with van der Waals surface area (Å²) < 4.78 is 1.08. The van der Waals surface area contributed by atoms with Gasteiger partial charge in [-0.25, -0.2) is 4.98 Å². The Labute approximate surface area is 156 Å². The lowest BCUT2D eigenvalue weighted by Gasteiger charge is -2.29. The zero-order valence-electron chi connectivity index (χ0n) is 14.0. The van der Waals surface area contributed by atoms with Gasteiger partial charge in [0.1, 0.15) is 5.82 Å². The molecule has 3 aromatic rings. The first kappa shape index (κ1) is 16.1. The summed E-state index contributed by atoms with van der Waals surface area (Å²) in [6, 6.07) is 16.6. The van der Waals surface area contributed by atoms with E-state index in [1.807, 2.05) is 12.3 Å². The van der Waals surface area contributed by atoms with E-state index in [1.54, 1.807) is 0 Å². The van der Waals surface area contributed by atoms with Crippen LogP contribution in [0.4, 0.5) is 23.1 Å². The van der Waals surface area contributed by atoms with Crippen molar-refractivity contribution in [2.45, 2.75) is 19.8 Å². The molecule has 1 aromatic heterocycles. The van der Waals surface area contributed by atoms with E-state index < -0.39 is 0 Å². The highest BCUT2D eigenvalue weighted by Gasteiger charge is 2.19. The molecule has 2 aromatic carbocycles. The maximum atomic E-state index is 4.73. The second-order valence-corrected chi connectivity index (χ2v) is 7.07. The molecule has 0 amide bonds. The normalized spacial score (nSPS) is 13.4. The summed E-state index contributed by atoms with van der Waals surface area (Å²) >= 11 is 3.57. The molecule has 1 N–H and O–H groups in total. The predicted molar refractivity (Wildman–Crippen MR) is 106 cm³/mol. The molecule has 0 fully saturated rings. The van der Waals surface area contributed by atoms with Gasteiger partial charge in [0.25, 0.3) is 0 Å². The van der Waals surface area contributed by atoms with Crippen LogP contribution in [0.2, 0.25) is 0 Å². The number of rotatable bonds is 3. The van der Waals surface area contributed by atoms with Crippen LogP contribution in [-0.2, 0) is 6.42 Å². The van der Waals surface area contributed by atoms with Crippen molar-refractivity contribution in [1.29, 1.82) is 0 Å². The first-order valence-corrected chi connectivity index (χ1v) is 9.22. The lowest BCUT2D eigenvalue weighted by atomic mass is 10.0. The minimum Gasteiger partial charge on any atom is -0.340 e. The van der Waals surface area contributed by atoms with Crippen molar-refractivity contribution in [1.82, 2.24) is 9.97 Å². The summed E-state index contributed by atoms with van der Waals surface area (Å²) in [5.74, 6) is 1.53. The van der Waals surface area contributed by atoms with E-state index in [-0.39, 0.29) is 0 Å². The van der Waals surface area contributed by atoms with Gasteiger partial charge < -0.3 is 10.2 Å². The van der Waals surface area contributed by atoms with Gasteiger partial charge >= 0.3 is 0 Å². The summed E-state index contributed by atoms with van der Waals surface area (Å²) in [5, 5.41) is 3.37. The molecule has 1 aliphatic heterocycles. The first-order chi connectivity index (χ1) is 12.2. The minimum atomic E-state index is 0.739. The number of para-hydroxylation sites is 1. The third kappa shape index (κ3) is 3.37. The molecule has 126 valence electrons. The molecule has 1 aliphatic rings.